The summed E-state index contributed by atoms with van der Waals surface area (Å²) in [5.41, 5.74) is 1.40. The van der Waals surface area contributed by atoms with Crippen LogP contribution in [0.1, 0.15) is 18.4 Å². The Bertz CT molecular complexity index is 418. The van der Waals surface area contributed by atoms with Crippen LogP contribution in [0.4, 0.5) is 0 Å². The van der Waals surface area contributed by atoms with Gasteiger partial charge in [0.2, 0.25) is 0 Å². The Balaban J connectivity index is 1.48. The van der Waals surface area contributed by atoms with E-state index in [0.29, 0.717) is 12.6 Å². The van der Waals surface area contributed by atoms with Crippen molar-refractivity contribution in [1.82, 2.24) is 9.80 Å². The van der Waals surface area contributed by atoms with Gasteiger partial charge in [-0.15, -0.1) is 0 Å². The zero-order valence-corrected chi connectivity index (χ0v) is 12.7. The zero-order chi connectivity index (χ0) is 14.5. The standard InChI is InChI=1S/C17H26N2O2/c20-17-13-19(10-11-21-14-17)16-6-8-18(9-7-16)12-15-4-2-1-3-5-15/h1-5,16-17,20H,6-14H2. The molecule has 0 bridgehead atoms. The molecule has 4 heteroatoms. The lowest BCUT2D eigenvalue weighted by atomic mass is 10.0. The van der Waals surface area contributed by atoms with Gasteiger partial charge in [-0.05, 0) is 31.5 Å². The van der Waals surface area contributed by atoms with Crippen LogP contribution in [0.2, 0.25) is 0 Å². The van der Waals surface area contributed by atoms with Gasteiger partial charge in [0.15, 0.2) is 0 Å². The topological polar surface area (TPSA) is 35.9 Å². The number of benzene rings is 1. The van der Waals surface area contributed by atoms with Gasteiger partial charge in [-0.2, -0.15) is 0 Å². The minimum Gasteiger partial charge on any atom is -0.389 e. The van der Waals surface area contributed by atoms with Crippen LogP contribution in [-0.4, -0.2) is 66.4 Å². The average molecular weight is 290 g/mol. The van der Waals surface area contributed by atoms with E-state index in [4.69, 9.17) is 4.74 Å². The highest BCUT2D eigenvalue weighted by Crippen LogP contribution is 2.19. The normalized spacial score (nSPS) is 26.6. The maximum atomic E-state index is 9.86. The van der Waals surface area contributed by atoms with Gasteiger partial charge in [-0.1, -0.05) is 30.3 Å². The van der Waals surface area contributed by atoms with E-state index in [9.17, 15) is 5.11 Å². The molecule has 0 radical (unpaired) electrons. The molecule has 3 rings (SSSR count). The molecule has 1 atom stereocenters. The molecule has 116 valence electrons. The lowest BCUT2D eigenvalue weighted by molar-refractivity contribution is 0.0493. The van der Waals surface area contributed by atoms with Crippen molar-refractivity contribution >= 4 is 0 Å². The van der Waals surface area contributed by atoms with E-state index in [-0.39, 0.29) is 6.10 Å². The van der Waals surface area contributed by atoms with Gasteiger partial charge in [-0.3, -0.25) is 9.80 Å². The lowest BCUT2D eigenvalue weighted by Gasteiger charge is -2.38. The molecule has 2 heterocycles. The average Bonchev–Trinajstić information content (AvgIpc) is 2.74. The summed E-state index contributed by atoms with van der Waals surface area (Å²) in [7, 11) is 0. The van der Waals surface area contributed by atoms with E-state index in [1.165, 1.54) is 18.4 Å². The zero-order valence-electron chi connectivity index (χ0n) is 12.7. The lowest BCUT2D eigenvalue weighted by Crippen LogP contribution is -2.47. The first-order valence-electron chi connectivity index (χ1n) is 8.07. The van der Waals surface area contributed by atoms with Crippen LogP contribution < -0.4 is 0 Å². The van der Waals surface area contributed by atoms with Crippen molar-refractivity contribution in [3.63, 3.8) is 0 Å². The van der Waals surface area contributed by atoms with Crippen molar-refractivity contribution in [3.05, 3.63) is 35.9 Å². The second-order valence-electron chi connectivity index (χ2n) is 6.22. The summed E-state index contributed by atoms with van der Waals surface area (Å²) in [6, 6.07) is 11.3. The Kier molecular flexibility index (Phi) is 5.25. The van der Waals surface area contributed by atoms with Crippen LogP contribution >= 0.6 is 0 Å². The maximum Gasteiger partial charge on any atom is 0.0900 e. The van der Waals surface area contributed by atoms with E-state index in [0.717, 1.165) is 39.3 Å². The van der Waals surface area contributed by atoms with Crippen LogP contribution in [0.5, 0.6) is 0 Å². The summed E-state index contributed by atoms with van der Waals surface area (Å²) in [4.78, 5) is 4.97. The van der Waals surface area contributed by atoms with Crippen LogP contribution in [0.15, 0.2) is 30.3 Å². The number of ether oxygens (including phenoxy) is 1. The fourth-order valence-corrected chi connectivity index (χ4v) is 3.43. The molecule has 0 amide bonds. The Morgan fingerprint density at radius 1 is 1.10 bits per heavy atom. The third-order valence-corrected chi connectivity index (χ3v) is 4.60. The molecule has 0 spiro atoms. The monoisotopic (exact) mass is 290 g/mol. The number of aliphatic hydroxyl groups is 1. The molecule has 0 aliphatic carbocycles. The summed E-state index contributed by atoms with van der Waals surface area (Å²) in [6.45, 7) is 6.31. The molecular weight excluding hydrogens is 264 g/mol. The number of nitrogens with zero attached hydrogens (tertiary/aromatic N) is 2. The van der Waals surface area contributed by atoms with Crippen LogP contribution in [0, 0.1) is 0 Å². The summed E-state index contributed by atoms with van der Waals surface area (Å²) >= 11 is 0. The van der Waals surface area contributed by atoms with E-state index < -0.39 is 0 Å². The second kappa shape index (κ2) is 7.36. The highest BCUT2D eigenvalue weighted by atomic mass is 16.5. The Morgan fingerprint density at radius 3 is 2.62 bits per heavy atom. The predicted octanol–water partition coefficient (Wildman–Crippen LogP) is 1.34. The molecule has 1 N–H and O–H groups in total. The second-order valence-corrected chi connectivity index (χ2v) is 6.22. The third kappa shape index (κ3) is 4.27. The Hall–Kier alpha value is -0.940. The quantitative estimate of drug-likeness (QED) is 0.911. The van der Waals surface area contributed by atoms with E-state index in [2.05, 4.69) is 40.1 Å². The molecule has 2 fully saturated rings. The summed E-state index contributed by atoms with van der Waals surface area (Å²) in [5.74, 6) is 0. The molecule has 2 aliphatic heterocycles. The van der Waals surface area contributed by atoms with Crippen LogP contribution in [0.3, 0.4) is 0 Å². The maximum absolute atomic E-state index is 9.86. The molecule has 1 aromatic rings. The Labute approximate surface area is 127 Å². The molecule has 2 saturated heterocycles. The highest BCUT2D eigenvalue weighted by Gasteiger charge is 2.27. The molecule has 0 saturated carbocycles. The molecular formula is C17H26N2O2. The molecule has 4 nitrogen and oxygen atoms in total. The van der Waals surface area contributed by atoms with Crippen LogP contribution in [-0.2, 0) is 11.3 Å². The van der Waals surface area contributed by atoms with Gasteiger partial charge in [0.1, 0.15) is 0 Å². The largest absolute Gasteiger partial charge is 0.389 e. The number of hydrogen-bond donors (Lipinski definition) is 1. The number of piperidine rings is 1. The number of β-amino-alcohol motifs (C(OH)–C–C–N with tert-alkyl or cyclic N) is 1. The third-order valence-electron chi connectivity index (χ3n) is 4.60. The summed E-state index contributed by atoms with van der Waals surface area (Å²) in [5, 5.41) is 9.86. The Morgan fingerprint density at radius 2 is 1.86 bits per heavy atom. The predicted molar refractivity (Wildman–Crippen MR) is 83.1 cm³/mol. The number of aliphatic hydroxyl groups excluding tert-OH is 1. The first-order chi connectivity index (χ1) is 10.3. The van der Waals surface area contributed by atoms with Crippen molar-refractivity contribution < 1.29 is 9.84 Å². The van der Waals surface area contributed by atoms with Crippen molar-refractivity contribution in [2.75, 3.05) is 39.4 Å². The van der Waals surface area contributed by atoms with Crippen molar-refractivity contribution in [1.29, 1.82) is 0 Å². The van der Waals surface area contributed by atoms with Crippen molar-refractivity contribution in [3.8, 4) is 0 Å². The molecule has 1 aromatic carbocycles. The number of likely N-dealkylation sites (tertiary alicyclic amines) is 1. The van der Waals surface area contributed by atoms with Gasteiger partial charge in [0.05, 0.1) is 19.3 Å². The molecule has 0 aromatic heterocycles. The minimum atomic E-state index is -0.324. The SMILES string of the molecule is OC1COCCN(C2CCN(Cc3ccccc3)CC2)C1. The van der Waals surface area contributed by atoms with Crippen molar-refractivity contribution in [2.24, 2.45) is 0 Å². The number of hydrogen-bond acceptors (Lipinski definition) is 4. The van der Waals surface area contributed by atoms with Crippen molar-refractivity contribution in [2.45, 2.75) is 31.5 Å². The first-order valence-corrected chi connectivity index (χ1v) is 8.07. The van der Waals surface area contributed by atoms with Gasteiger partial charge in [-0.25, -0.2) is 0 Å². The molecule has 1 unspecified atom stereocenters. The van der Waals surface area contributed by atoms with Crippen LogP contribution in [0.25, 0.3) is 0 Å². The van der Waals surface area contributed by atoms with Gasteiger partial charge in [0.25, 0.3) is 0 Å². The van der Waals surface area contributed by atoms with Gasteiger partial charge in [0, 0.05) is 25.7 Å². The fourth-order valence-electron chi connectivity index (χ4n) is 3.43. The highest BCUT2D eigenvalue weighted by molar-refractivity contribution is 5.14. The van der Waals surface area contributed by atoms with Gasteiger partial charge < -0.3 is 9.84 Å². The van der Waals surface area contributed by atoms with E-state index in [1.807, 2.05) is 0 Å². The minimum absolute atomic E-state index is 0.324. The smallest absolute Gasteiger partial charge is 0.0900 e. The summed E-state index contributed by atoms with van der Waals surface area (Å²) < 4.78 is 5.43. The van der Waals surface area contributed by atoms with E-state index in [1.54, 1.807) is 0 Å². The van der Waals surface area contributed by atoms with Gasteiger partial charge >= 0.3 is 0 Å². The fraction of sp³-hybridized carbons (Fsp3) is 0.647. The first kappa shape index (κ1) is 15.0. The molecule has 21 heavy (non-hydrogen) atoms. The van der Waals surface area contributed by atoms with E-state index >= 15 is 0 Å². The number of rotatable bonds is 3. The molecule has 2 aliphatic rings. The summed E-state index contributed by atoms with van der Waals surface area (Å²) in [6.07, 6.45) is 2.06.